The van der Waals surface area contributed by atoms with Crippen LogP contribution in [-0.4, -0.2) is 29.4 Å². The summed E-state index contributed by atoms with van der Waals surface area (Å²) in [5.74, 6) is -0.106. The van der Waals surface area contributed by atoms with Gasteiger partial charge in [0.05, 0.1) is 4.92 Å². The van der Waals surface area contributed by atoms with Gasteiger partial charge in [-0.15, -0.1) is 0 Å². The van der Waals surface area contributed by atoms with Crippen LogP contribution >= 0.6 is 11.3 Å². The fraction of sp³-hybridized carbons (Fsp3) is 0.600. The molecule has 23 heavy (non-hydrogen) atoms. The minimum atomic E-state index is -0.719. The molecule has 1 aromatic heterocycles. The minimum Gasteiger partial charge on any atom is -0.451 e. The number of carbonyl (C=O) groups is 2. The summed E-state index contributed by atoms with van der Waals surface area (Å²) < 4.78 is 4.92. The molecule has 0 radical (unpaired) electrons. The fourth-order valence-electron chi connectivity index (χ4n) is 2.77. The number of hydrogen-bond acceptors (Lipinski definition) is 6. The average molecular weight is 340 g/mol. The molecule has 2 rings (SSSR count). The SMILES string of the molecule is C[C@H]1[C@@H](C)CCC[C@H]1NC(=O)COC(=O)c1ccc([N+](=O)[O-])s1. The molecule has 7 nitrogen and oxygen atoms in total. The topological polar surface area (TPSA) is 98.5 Å². The van der Waals surface area contributed by atoms with Gasteiger partial charge in [-0.1, -0.05) is 38.0 Å². The summed E-state index contributed by atoms with van der Waals surface area (Å²) in [5, 5.41) is 13.4. The van der Waals surface area contributed by atoms with Crippen molar-refractivity contribution in [3.05, 3.63) is 27.1 Å². The lowest BCUT2D eigenvalue weighted by atomic mass is 9.78. The molecule has 1 fully saturated rings. The van der Waals surface area contributed by atoms with E-state index in [1.807, 2.05) is 0 Å². The van der Waals surface area contributed by atoms with Crippen LogP contribution in [0.3, 0.4) is 0 Å². The Morgan fingerprint density at radius 2 is 2.13 bits per heavy atom. The van der Waals surface area contributed by atoms with Crippen LogP contribution in [0.4, 0.5) is 5.00 Å². The van der Waals surface area contributed by atoms with Crippen LogP contribution in [-0.2, 0) is 9.53 Å². The van der Waals surface area contributed by atoms with Crippen LogP contribution in [0.1, 0.15) is 42.8 Å². The third kappa shape index (κ3) is 4.51. The molecule has 1 N–H and O–H groups in total. The molecule has 126 valence electrons. The Hall–Kier alpha value is -1.96. The van der Waals surface area contributed by atoms with Crippen molar-refractivity contribution >= 4 is 28.2 Å². The maximum atomic E-state index is 11.9. The van der Waals surface area contributed by atoms with E-state index in [-0.39, 0.29) is 28.4 Å². The predicted molar refractivity (Wildman–Crippen MR) is 85.4 cm³/mol. The predicted octanol–water partition coefficient (Wildman–Crippen LogP) is 2.75. The van der Waals surface area contributed by atoms with Gasteiger partial charge in [-0.2, -0.15) is 0 Å². The summed E-state index contributed by atoms with van der Waals surface area (Å²) >= 11 is 0.732. The van der Waals surface area contributed by atoms with E-state index in [9.17, 15) is 19.7 Å². The van der Waals surface area contributed by atoms with Gasteiger partial charge in [-0.05, 0) is 24.3 Å². The van der Waals surface area contributed by atoms with E-state index in [0.29, 0.717) is 11.8 Å². The highest BCUT2D eigenvalue weighted by atomic mass is 32.1. The van der Waals surface area contributed by atoms with Crippen molar-refractivity contribution in [2.75, 3.05) is 6.61 Å². The molecule has 0 bridgehead atoms. The van der Waals surface area contributed by atoms with E-state index in [1.165, 1.54) is 18.6 Å². The van der Waals surface area contributed by atoms with Crippen LogP contribution in [0.5, 0.6) is 0 Å². The normalized spacial score (nSPS) is 24.0. The van der Waals surface area contributed by atoms with Gasteiger partial charge in [-0.25, -0.2) is 4.79 Å². The summed E-state index contributed by atoms with van der Waals surface area (Å²) in [6, 6.07) is 2.67. The van der Waals surface area contributed by atoms with Gasteiger partial charge < -0.3 is 10.1 Å². The number of carbonyl (C=O) groups excluding carboxylic acids is 2. The molecule has 0 aliphatic heterocycles. The third-order valence-electron chi connectivity index (χ3n) is 4.36. The van der Waals surface area contributed by atoms with Gasteiger partial charge in [0, 0.05) is 12.1 Å². The number of hydrogen-bond donors (Lipinski definition) is 1. The lowest BCUT2D eigenvalue weighted by Crippen LogP contribution is -2.45. The van der Waals surface area contributed by atoms with Gasteiger partial charge in [-0.3, -0.25) is 14.9 Å². The number of amides is 1. The first kappa shape index (κ1) is 17.4. The van der Waals surface area contributed by atoms with Gasteiger partial charge in [0.1, 0.15) is 4.88 Å². The van der Waals surface area contributed by atoms with Crippen molar-refractivity contribution in [3.63, 3.8) is 0 Å². The monoisotopic (exact) mass is 340 g/mol. The van der Waals surface area contributed by atoms with Crippen molar-refractivity contribution in [1.29, 1.82) is 0 Å². The van der Waals surface area contributed by atoms with E-state index >= 15 is 0 Å². The van der Waals surface area contributed by atoms with E-state index in [0.717, 1.165) is 24.2 Å². The molecule has 0 saturated heterocycles. The van der Waals surface area contributed by atoms with Gasteiger partial charge >= 0.3 is 11.0 Å². The first-order valence-corrected chi connectivity index (χ1v) is 8.41. The molecular weight excluding hydrogens is 320 g/mol. The molecule has 0 aromatic carbocycles. The molecule has 1 aliphatic rings. The largest absolute Gasteiger partial charge is 0.451 e. The van der Waals surface area contributed by atoms with Crippen molar-refractivity contribution < 1.29 is 19.2 Å². The molecule has 1 amide bonds. The first-order chi connectivity index (χ1) is 10.9. The highest BCUT2D eigenvalue weighted by molar-refractivity contribution is 7.17. The van der Waals surface area contributed by atoms with Crippen molar-refractivity contribution in [2.45, 2.75) is 39.2 Å². The molecule has 1 heterocycles. The summed E-state index contributed by atoms with van der Waals surface area (Å²) in [5.41, 5.74) is 0. The third-order valence-corrected chi connectivity index (χ3v) is 5.38. The zero-order valence-corrected chi connectivity index (χ0v) is 13.9. The molecule has 1 aromatic rings. The van der Waals surface area contributed by atoms with Gasteiger partial charge in [0.25, 0.3) is 5.91 Å². The lowest BCUT2D eigenvalue weighted by Gasteiger charge is -2.34. The molecule has 1 aliphatic carbocycles. The number of nitrogens with zero attached hydrogens (tertiary/aromatic N) is 1. The average Bonchev–Trinajstić information content (AvgIpc) is 3.00. The summed E-state index contributed by atoms with van der Waals surface area (Å²) in [4.78, 5) is 33.8. The molecule has 1 saturated carbocycles. The molecule has 0 unspecified atom stereocenters. The van der Waals surface area contributed by atoms with Crippen LogP contribution in [0.2, 0.25) is 0 Å². The Kier molecular flexibility index (Phi) is 5.70. The maximum Gasteiger partial charge on any atom is 0.349 e. The second-order valence-electron chi connectivity index (χ2n) is 5.91. The number of nitrogens with one attached hydrogen (secondary N) is 1. The van der Waals surface area contributed by atoms with E-state index in [1.54, 1.807) is 0 Å². The summed E-state index contributed by atoms with van der Waals surface area (Å²) in [6.45, 7) is 3.92. The van der Waals surface area contributed by atoms with Crippen molar-refractivity contribution in [2.24, 2.45) is 11.8 Å². The molecule has 0 spiro atoms. The number of nitro groups is 1. The van der Waals surface area contributed by atoms with Gasteiger partial charge in [0.2, 0.25) is 0 Å². The van der Waals surface area contributed by atoms with Crippen LogP contribution in [0.15, 0.2) is 12.1 Å². The zero-order chi connectivity index (χ0) is 17.0. The van der Waals surface area contributed by atoms with Crippen molar-refractivity contribution in [1.82, 2.24) is 5.32 Å². The Bertz CT molecular complexity index is 600. The van der Waals surface area contributed by atoms with E-state index in [2.05, 4.69) is 19.2 Å². The minimum absolute atomic E-state index is 0.104. The number of rotatable bonds is 5. The maximum absolute atomic E-state index is 11.9. The number of ether oxygens (including phenoxy) is 1. The summed E-state index contributed by atoms with van der Waals surface area (Å²) in [7, 11) is 0. The quantitative estimate of drug-likeness (QED) is 0.505. The highest BCUT2D eigenvalue weighted by Gasteiger charge is 2.28. The smallest absolute Gasteiger partial charge is 0.349 e. The van der Waals surface area contributed by atoms with Crippen LogP contribution in [0, 0.1) is 22.0 Å². The molecular formula is C15H20N2O5S. The second-order valence-corrected chi connectivity index (χ2v) is 6.97. The Morgan fingerprint density at radius 1 is 1.39 bits per heavy atom. The van der Waals surface area contributed by atoms with Crippen molar-refractivity contribution in [3.8, 4) is 0 Å². The Labute approximate surface area is 138 Å². The number of thiophene rings is 1. The van der Waals surface area contributed by atoms with E-state index in [4.69, 9.17) is 4.74 Å². The zero-order valence-electron chi connectivity index (χ0n) is 13.1. The number of esters is 1. The fourth-order valence-corrected chi connectivity index (χ4v) is 3.49. The van der Waals surface area contributed by atoms with Crippen LogP contribution in [0.25, 0.3) is 0 Å². The van der Waals surface area contributed by atoms with E-state index < -0.39 is 10.9 Å². The Morgan fingerprint density at radius 3 is 2.78 bits per heavy atom. The molecule has 3 atom stereocenters. The summed E-state index contributed by atoms with van der Waals surface area (Å²) in [6.07, 6.45) is 3.18. The Balaban J connectivity index is 1.81. The molecule has 8 heteroatoms. The standard InChI is InChI=1S/C15H20N2O5S/c1-9-4-3-5-11(10(9)2)16-13(18)8-22-15(19)12-6-7-14(23-12)17(20)21/h6-7,9-11H,3-5,8H2,1-2H3,(H,16,18)/t9-,10-,11+/m0/s1. The van der Waals surface area contributed by atoms with Gasteiger partial charge in [0.15, 0.2) is 6.61 Å². The lowest BCUT2D eigenvalue weighted by molar-refractivity contribution is -0.380. The second kappa shape index (κ2) is 7.54. The first-order valence-electron chi connectivity index (χ1n) is 7.59. The highest BCUT2D eigenvalue weighted by Crippen LogP contribution is 2.29. The van der Waals surface area contributed by atoms with Crippen LogP contribution < -0.4 is 5.32 Å².